The van der Waals surface area contributed by atoms with Crippen molar-refractivity contribution < 1.29 is 9.47 Å². The average Bonchev–Trinajstić information content (AvgIpc) is 2.88. The van der Waals surface area contributed by atoms with Gasteiger partial charge >= 0.3 is 0 Å². The van der Waals surface area contributed by atoms with E-state index in [2.05, 4.69) is 41.8 Å². The molecule has 0 amide bonds. The van der Waals surface area contributed by atoms with Gasteiger partial charge in [-0.1, -0.05) is 84.1 Å². The average molecular weight is 490 g/mol. The number of ether oxygens (including phenoxy) is 2. The normalized spacial score (nSPS) is 14.9. The Morgan fingerprint density at radius 3 is 1.89 bits per heavy atom. The van der Waals surface area contributed by atoms with Gasteiger partial charge in [0.2, 0.25) is 0 Å². The maximum atomic E-state index is 6.34. The third-order valence-electron chi connectivity index (χ3n) is 7.10. The van der Waals surface area contributed by atoms with Crippen molar-refractivity contribution in [2.75, 3.05) is 52.5 Å². The molecule has 1 saturated heterocycles. The van der Waals surface area contributed by atoms with Gasteiger partial charge in [-0.05, 0) is 38.4 Å². The van der Waals surface area contributed by atoms with Crippen LogP contribution in [0.15, 0.2) is 18.2 Å². The zero-order valence-electron chi connectivity index (χ0n) is 23.1. The molecule has 0 spiro atoms. The van der Waals surface area contributed by atoms with Gasteiger partial charge in [0, 0.05) is 44.4 Å². The molecule has 0 radical (unpaired) electrons. The number of piperazine rings is 1. The van der Waals surface area contributed by atoms with E-state index in [-0.39, 0.29) is 0 Å². The van der Waals surface area contributed by atoms with Crippen molar-refractivity contribution in [3.63, 3.8) is 0 Å². The zero-order chi connectivity index (χ0) is 25.0. The second kappa shape index (κ2) is 19.8. The van der Waals surface area contributed by atoms with Crippen LogP contribution in [0.2, 0.25) is 0 Å². The maximum Gasteiger partial charge on any atom is 0.127 e. The summed E-state index contributed by atoms with van der Waals surface area (Å²) in [5.41, 5.74) is 6.98. The van der Waals surface area contributed by atoms with Gasteiger partial charge in [0.1, 0.15) is 11.5 Å². The van der Waals surface area contributed by atoms with Crippen molar-refractivity contribution in [2.24, 2.45) is 5.73 Å². The van der Waals surface area contributed by atoms with Gasteiger partial charge in [-0.15, -0.1) is 0 Å². The summed E-state index contributed by atoms with van der Waals surface area (Å²) in [5.74, 6) is 1.97. The van der Waals surface area contributed by atoms with E-state index in [0.717, 1.165) is 89.8 Å². The first-order valence-electron chi connectivity index (χ1n) is 14.8. The molecule has 0 unspecified atom stereocenters. The molecule has 1 aliphatic rings. The smallest absolute Gasteiger partial charge is 0.127 e. The molecule has 1 fully saturated rings. The minimum atomic E-state index is 0.785. The van der Waals surface area contributed by atoms with Crippen LogP contribution in [0.1, 0.15) is 103 Å². The van der Waals surface area contributed by atoms with E-state index in [1.165, 1.54) is 69.8 Å². The van der Waals surface area contributed by atoms with Gasteiger partial charge in [-0.2, -0.15) is 0 Å². The van der Waals surface area contributed by atoms with Crippen molar-refractivity contribution in [3.8, 4) is 11.5 Å². The van der Waals surface area contributed by atoms with Crippen LogP contribution in [0.4, 0.5) is 0 Å². The fourth-order valence-electron chi connectivity index (χ4n) is 4.75. The number of unbranched alkanes of at least 4 members (excludes halogenated alkanes) is 10. The number of hydrogen-bond acceptors (Lipinski definition) is 5. The molecule has 35 heavy (non-hydrogen) atoms. The Labute approximate surface area is 216 Å². The molecule has 202 valence electrons. The Hall–Kier alpha value is -1.30. The van der Waals surface area contributed by atoms with E-state index in [1.54, 1.807) is 0 Å². The number of nitrogens with zero attached hydrogens (tertiary/aromatic N) is 2. The summed E-state index contributed by atoms with van der Waals surface area (Å²) < 4.78 is 12.5. The molecule has 0 aromatic heterocycles. The Morgan fingerprint density at radius 2 is 1.26 bits per heavy atom. The van der Waals surface area contributed by atoms with Gasteiger partial charge in [-0.25, -0.2) is 0 Å². The number of benzene rings is 1. The Kier molecular flexibility index (Phi) is 17.0. The molecule has 5 heteroatoms. The third kappa shape index (κ3) is 13.5. The summed E-state index contributed by atoms with van der Waals surface area (Å²) in [6.07, 6.45) is 16.5. The van der Waals surface area contributed by atoms with Crippen LogP contribution in [-0.4, -0.2) is 62.3 Å². The fourth-order valence-corrected chi connectivity index (χ4v) is 4.75. The summed E-state index contributed by atoms with van der Waals surface area (Å²) in [4.78, 5) is 5.10. The molecule has 5 nitrogen and oxygen atoms in total. The Balaban J connectivity index is 1.84. The van der Waals surface area contributed by atoms with Crippen LogP contribution in [0.3, 0.4) is 0 Å². The summed E-state index contributed by atoms with van der Waals surface area (Å²) >= 11 is 0. The first-order valence-corrected chi connectivity index (χ1v) is 14.8. The molecule has 1 aromatic carbocycles. The van der Waals surface area contributed by atoms with E-state index in [4.69, 9.17) is 15.2 Å². The van der Waals surface area contributed by atoms with Gasteiger partial charge < -0.3 is 20.1 Å². The van der Waals surface area contributed by atoms with Gasteiger partial charge in [0.25, 0.3) is 0 Å². The van der Waals surface area contributed by atoms with Crippen LogP contribution in [0.25, 0.3) is 0 Å². The Morgan fingerprint density at radius 1 is 0.686 bits per heavy atom. The summed E-state index contributed by atoms with van der Waals surface area (Å²) in [6.45, 7) is 13.5. The second-order valence-corrected chi connectivity index (χ2v) is 10.3. The minimum Gasteiger partial charge on any atom is -0.493 e. The standard InChI is InChI=1S/C30H55N3O2/c1-3-5-7-9-11-13-24-34-29-17-16-28(27-33-22-20-32(21-23-33)19-15-18-31)30(26-29)35-25-14-12-10-8-6-4-2/h16-17,26H,3-15,18-25,27,31H2,1-2H3. The first kappa shape index (κ1) is 29.9. The molecular formula is C30H55N3O2. The van der Waals surface area contributed by atoms with Crippen LogP contribution < -0.4 is 15.2 Å². The minimum absolute atomic E-state index is 0.785. The highest BCUT2D eigenvalue weighted by Gasteiger charge is 2.18. The molecular weight excluding hydrogens is 434 g/mol. The zero-order valence-corrected chi connectivity index (χ0v) is 23.1. The second-order valence-electron chi connectivity index (χ2n) is 10.3. The van der Waals surface area contributed by atoms with Gasteiger partial charge in [-0.3, -0.25) is 4.90 Å². The summed E-state index contributed by atoms with van der Waals surface area (Å²) in [6, 6.07) is 6.51. The third-order valence-corrected chi connectivity index (χ3v) is 7.10. The van der Waals surface area contributed by atoms with Gasteiger partial charge in [0.15, 0.2) is 0 Å². The van der Waals surface area contributed by atoms with E-state index >= 15 is 0 Å². The summed E-state index contributed by atoms with van der Waals surface area (Å²) in [5, 5.41) is 0. The van der Waals surface area contributed by atoms with Crippen LogP contribution in [0.5, 0.6) is 11.5 Å². The lowest BCUT2D eigenvalue weighted by atomic mass is 10.1. The SMILES string of the molecule is CCCCCCCCOc1ccc(CN2CCN(CCCN)CC2)c(OCCCCCCCC)c1. The molecule has 0 saturated carbocycles. The molecule has 0 aliphatic carbocycles. The highest BCUT2D eigenvalue weighted by Crippen LogP contribution is 2.27. The van der Waals surface area contributed by atoms with Crippen LogP contribution in [0, 0.1) is 0 Å². The molecule has 0 bridgehead atoms. The lowest BCUT2D eigenvalue weighted by Gasteiger charge is -2.35. The number of hydrogen-bond donors (Lipinski definition) is 1. The molecule has 1 heterocycles. The maximum absolute atomic E-state index is 6.34. The fraction of sp³-hybridized carbons (Fsp3) is 0.800. The number of nitrogens with two attached hydrogens (primary N) is 1. The predicted octanol–water partition coefficient (Wildman–Crippen LogP) is 6.63. The van der Waals surface area contributed by atoms with E-state index in [9.17, 15) is 0 Å². The van der Waals surface area contributed by atoms with E-state index in [1.807, 2.05) is 0 Å². The number of rotatable bonds is 21. The molecule has 0 atom stereocenters. The first-order chi connectivity index (χ1) is 17.3. The van der Waals surface area contributed by atoms with Crippen molar-refractivity contribution in [3.05, 3.63) is 23.8 Å². The summed E-state index contributed by atoms with van der Waals surface area (Å²) in [7, 11) is 0. The highest BCUT2D eigenvalue weighted by molar-refractivity contribution is 5.41. The topological polar surface area (TPSA) is 51.0 Å². The molecule has 1 aliphatic heterocycles. The molecule has 2 N–H and O–H groups in total. The molecule has 2 rings (SSSR count). The quantitative estimate of drug-likeness (QED) is 0.196. The van der Waals surface area contributed by atoms with E-state index < -0.39 is 0 Å². The molecule has 1 aromatic rings. The lowest BCUT2D eigenvalue weighted by Crippen LogP contribution is -2.46. The van der Waals surface area contributed by atoms with Crippen molar-refractivity contribution in [2.45, 2.75) is 104 Å². The van der Waals surface area contributed by atoms with E-state index in [0.29, 0.717) is 0 Å². The monoisotopic (exact) mass is 489 g/mol. The largest absolute Gasteiger partial charge is 0.493 e. The predicted molar refractivity (Wildman–Crippen MR) is 150 cm³/mol. The van der Waals surface area contributed by atoms with Crippen molar-refractivity contribution in [1.29, 1.82) is 0 Å². The van der Waals surface area contributed by atoms with Crippen LogP contribution in [-0.2, 0) is 6.54 Å². The lowest BCUT2D eigenvalue weighted by molar-refractivity contribution is 0.125. The van der Waals surface area contributed by atoms with Gasteiger partial charge in [0.05, 0.1) is 13.2 Å². The highest BCUT2D eigenvalue weighted by atomic mass is 16.5. The van der Waals surface area contributed by atoms with Crippen LogP contribution >= 0.6 is 0 Å². The van der Waals surface area contributed by atoms with Crippen molar-refractivity contribution >= 4 is 0 Å². The Bertz CT molecular complexity index is 632. The van der Waals surface area contributed by atoms with Crippen molar-refractivity contribution in [1.82, 2.24) is 9.80 Å².